The number of aromatic hydroxyl groups is 1. The number of thioether (sulfide) groups is 1. The zero-order valence-corrected chi connectivity index (χ0v) is 16.6. The molecule has 29 heavy (non-hydrogen) atoms. The van der Waals surface area contributed by atoms with Gasteiger partial charge in [0, 0.05) is 5.56 Å². The first-order valence-corrected chi connectivity index (χ1v) is 9.82. The van der Waals surface area contributed by atoms with E-state index in [2.05, 4.69) is 4.99 Å². The first-order valence-electron chi connectivity index (χ1n) is 8.83. The van der Waals surface area contributed by atoms with Crippen molar-refractivity contribution in [1.29, 1.82) is 0 Å². The van der Waals surface area contributed by atoms with Gasteiger partial charge in [0.2, 0.25) is 5.91 Å². The number of amidine groups is 1. The molecule has 1 saturated heterocycles. The fraction of sp³-hybridized carbons (Fsp3) is 0.190. The Labute approximate surface area is 171 Å². The summed E-state index contributed by atoms with van der Waals surface area (Å²) in [7, 11) is 2.74. The lowest BCUT2D eigenvalue weighted by atomic mass is 9.91. The molecule has 0 spiro atoms. The summed E-state index contributed by atoms with van der Waals surface area (Å²) in [6, 6.07) is 13.3. The number of nitrogens with zero attached hydrogens (tertiary/aromatic N) is 2. The SMILES string of the molecule is COC(=O)C1=C(c2ccccc2)N=C2SCC(=O)N2C1c1ccc(O)c(OC)c1. The number of phenolic OH excluding ortho intramolecular Hbond substituents is 1. The predicted octanol–water partition coefficient (Wildman–Crippen LogP) is 2.97. The molecule has 8 heteroatoms. The van der Waals surface area contributed by atoms with Crippen molar-refractivity contribution in [3.8, 4) is 11.5 Å². The van der Waals surface area contributed by atoms with Crippen LogP contribution in [0.4, 0.5) is 0 Å². The van der Waals surface area contributed by atoms with Crippen LogP contribution in [0.15, 0.2) is 59.1 Å². The lowest BCUT2D eigenvalue weighted by Crippen LogP contribution is -2.39. The van der Waals surface area contributed by atoms with Gasteiger partial charge in [0.1, 0.15) is 0 Å². The molecule has 1 fully saturated rings. The van der Waals surface area contributed by atoms with E-state index >= 15 is 0 Å². The average Bonchev–Trinajstić information content (AvgIpc) is 3.13. The number of carbonyl (C=O) groups excluding carboxylic acids is 2. The van der Waals surface area contributed by atoms with Gasteiger partial charge in [-0.2, -0.15) is 0 Å². The minimum Gasteiger partial charge on any atom is -0.504 e. The van der Waals surface area contributed by atoms with Gasteiger partial charge in [-0.1, -0.05) is 48.2 Å². The average molecular weight is 410 g/mol. The maximum Gasteiger partial charge on any atom is 0.338 e. The molecule has 1 atom stereocenters. The molecule has 0 radical (unpaired) electrons. The van der Waals surface area contributed by atoms with Gasteiger partial charge in [0.25, 0.3) is 0 Å². The molecular weight excluding hydrogens is 392 g/mol. The molecule has 0 aliphatic carbocycles. The quantitative estimate of drug-likeness (QED) is 0.780. The van der Waals surface area contributed by atoms with Crippen molar-refractivity contribution in [1.82, 2.24) is 4.90 Å². The number of fused-ring (bicyclic) bond motifs is 1. The van der Waals surface area contributed by atoms with Crippen LogP contribution in [0.5, 0.6) is 11.5 Å². The number of aliphatic imine (C=N–C) groups is 1. The van der Waals surface area contributed by atoms with E-state index in [4.69, 9.17) is 9.47 Å². The number of carbonyl (C=O) groups is 2. The summed E-state index contributed by atoms with van der Waals surface area (Å²) in [5.41, 5.74) is 2.07. The van der Waals surface area contributed by atoms with Crippen LogP contribution in [0.25, 0.3) is 5.70 Å². The molecule has 0 bridgehead atoms. The Bertz CT molecular complexity index is 1050. The van der Waals surface area contributed by atoms with E-state index in [9.17, 15) is 14.7 Å². The predicted molar refractivity (Wildman–Crippen MR) is 110 cm³/mol. The highest BCUT2D eigenvalue weighted by Crippen LogP contribution is 2.45. The Morgan fingerprint density at radius 2 is 1.97 bits per heavy atom. The van der Waals surface area contributed by atoms with Crippen molar-refractivity contribution in [3.63, 3.8) is 0 Å². The number of hydrogen-bond acceptors (Lipinski definition) is 7. The Balaban J connectivity index is 1.99. The molecule has 7 nitrogen and oxygen atoms in total. The maximum atomic E-state index is 12.9. The minimum atomic E-state index is -0.748. The third-order valence-corrected chi connectivity index (χ3v) is 5.70. The van der Waals surface area contributed by atoms with Crippen LogP contribution < -0.4 is 4.74 Å². The zero-order valence-electron chi connectivity index (χ0n) is 15.8. The largest absolute Gasteiger partial charge is 0.504 e. The number of phenols is 1. The zero-order chi connectivity index (χ0) is 20.5. The third kappa shape index (κ3) is 3.25. The first kappa shape index (κ1) is 19.1. The fourth-order valence-corrected chi connectivity index (χ4v) is 4.34. The summed E-state index contributed by atoms with van der Waals surface area (Å²) in [5.74, 6) is -0.278. The van der Waals surface area contributed by atoms with Crippen LogP contribution in [-0.4, -0.2) is 47.0 Å². The third-order valence-electron chi connectivity index (χ3n) is 4.77. The standard InChI is InChI=1S/C21H18N2O5S/c1-27-15-10-13(8-9-14(15)24)19-17(20(26)28-2)18(12-6-4-3-5-7-12)22-21-23(19)16(25)11-29-21/h3-10,19,24H,11H2,1-2H3. The van der Waals surface area contributed by atoms with E-state index in [-0.39, 0.29) is 28.7 Å². The molecule has 1 amide bonds. The summed E-state index contributed by atoms with van der Waals surface area (Å²) in [6.45, 7) is 0. The smallest absolute Gasteiger partial charge is 0.338 e. The van der Waals surface area contributed by atoms with E-state index < -0.39 is 12.0 Å². The molecule has 148 valence electrons. The molecule has 2 heterocycles. The van der Waals surface area contributed by atoms with Crippen molar-refractivity contribution in [2.75, 3.05) is 20.0 Å². The van der Waals surface area contributed by atoms with Crippen LogP contribution in [0, 0.1) is 0 Å². The highest BCUT2D eigenvalue weighted by Gasteiger charge is 2.44. The van der Waals surface area contributed by atoms with Gasteiger partial charge < -0.3 is 14.6 Å². The second-order valence-corrected chi connectivity index (χ2v) is 7.34. The van der Waals surface area contributed by atoms with Crippen LogP contribution >= 0.6 is 11.8 Å². The summed E-state index contributed by atoms with van der Waals surface area (Å²) in [4.78, 5) is 31.7. The Kier molecular flexibility index (Phi) is 5.02. The van der Waals surface area contributed by atoms with E-state index in [0.29, 0.717) is 16.4 Å². The number of methoxy groups -OCH3 is 2. The summed E-state index contributed by atoms with van der Waals surface area (Å²) < 4.78 is 10.3. The Morgan fingerprint density at radius 1 is 1.21 bits per heavy atom. The highest BCUT2D eigenvalue weighted by atomic mass is 32.2. The molecule has 2 aliphatic rings. The number of rotatable bonds is 4. The molecule has 0 aromatic heterocycles. The maximum absolute atomic E-state index is 12.9. The van der Waals surface area contributed by atoms with Crippen molar-refractivity contribution >= 4 is 34.5 Å². The van der Waals surface area contributed by atoms with E-state index in [1.165, 1.54) is 36.9 Å². The monoisotopic (exact) mass is 410 g/mol. The van der Waals surface area contributed by atoms with Gasteiger partial charge in [-0.3, -0.25) is 9.69 Å². The van der Waals surface area contributed by atoms with Gasteiger partial charge in [-0.05, 0) is 17.7 Å². The summed E-state index contributed by atoms with van der Waals surface area (Å²) in [5, 5.41) is 10.5. The minimum absolute atomic E-state index is 0.0325. The molecule has 2 aliphatic heterocycles. The van der Waals surface area contributed by atoms with Crippen molar-refractivity contribution in [3.05, 3.63) is 65.2 Å². The first-order chi connectivity index (χ1) is 14.0. The molecule has 1 unspecified atom stereocenters. The molecule has 0 saturated carbocycles. The van der Waals surface area contributed by atoms with Crippen molar-refractivity contribution < 1.29 is 24.2 Å². The highest BCUT2D eigenvalue weighted by molar-refractivity contribution is 8.15. The van der Waals surface area contributed by atoms with Crippen molar-refractivity contribution in [2.24, 2.45) is 4.99 Å². The number of hydrogen-bond donors (Lipinski definition) is 1. The summed E-state index contributed by atoms with van der Waals surface area (Å²) >= 11 is 1.33. The fourth-order valence-electron chi connectivity index (χ4n) is 3.44. The van der Waals surface area contributed by atoms with Gasteiger partial charge in [-0.25, -0.2) is 9.79 Å². The normalized spacial score (nSPS) is 18.4. The molecule has 4 rings (SSSR count). The van der Waals surface area contributed by atoms with E-state index in [1.807, 2.05) is 30.3 Å². The number of benzene rings is 2. The second-order valence-electron chi connectivity index (χ2n) is 6.40. The Hall–Kier alpha value is -3.26. The lowest BCUT2D eigenvalue weighted by Gasteiger charge is -2.33. The number of ether oxygens (including phenoxy) is 2. The topological polar surface area (TPSA) is 88.4 Å². The molecule has 2 aromatic rings. The number of amides is 1. The van der Waals surface area contributed by atoms with Crippen LogP contribution in [0.3, 0.4) is 0 Å². The Morgan fingerprint density at radius 3 is 2.66 bits per heavy atom. The lowest BCUT2D eigenvalue weighted by molar-refractivity contribution is -0.137. The molecule has 2 aromatic carbocycles. The van der Waals surface area contributed by atoms with E-state index in [1.54, 1.807) is 12.1 Å². The molecular formula is C21H18N2O5S. The van der Waals surface area contributed by atoms with Crippen LogP contribution in [-0.2, 0) is 14.3 Å². The number of esters is 1. The van der Waals surface area contributed by atoms with Gasteiger partial charge in [0.05, 0.1) is 37.3 Å². The van der Waals surface area contributed by atoms with Crippen LogP contribution in [0.2, 0.25) is 0 Å². The second kappa shape index (κ2) is 7.63. The van der Waals surface area contributed by atoms with Gasteiger partial charge >= 0.3 is 5.97 Å². The van der Waals surface area contributed by atoms with Crippen molar-refractivity contribution in [2.45, 2.75) is 6.04 Å². The van der Waals surface area contributed by atoms with Crippen LogP contribution in [0.1, 0.15) is 17.2 Å². The van der Waals surface area contributed by atoms with Gasteiger partial charge in [0.15, 0.2) is 16.7 Å². The summed E-state index contributed by atoms with van der Waals surface area (Å²) in [6.07, 6.45) is 0. The van der Waals surface area contributed by atoms with Gasteiger partial charge in [-0.15, -0.1) is 0 Å². The van der Waals surface area contributed by atoms with E-state index in [0.717, 1.165) is 5.56 Å². The molecule has 1 N–H and O–H groups in total.